The molecule has 0 aromatic heterocycles. The van der Waals surface area contributed by atoms with Gasteiger partial charge >= 0.3 is 0 Å². The van der Waals surface area contributed by atoms with Crippen molar-refractivity contribution in [1.29, 1.82) is 0 Å². The van der Waals surface area contributed by atoms with Crippen molar-refractivity contribution in [2.24, 2.45) is 11.1 Å². The van der Waals surface area contributed by atoms with Crippen molar-refractivity contribution >= 4 is 5.71 Å². The average Bonchev–Trinajstić information content (AvgIpc) is 3.37. The lowest BCUT2D eigenvalue weighted by atomic mass is 10.1. The van der Waals surface area contributed by atoms with Gasteiger partial charge in [0.15, 0.2) is 0 Å². The summed E-state index contributed by atoms with van der Waals surface area (Å²) < 4.78 is 18.0. The molecule has 23 heavy (non-hydrogen) atoms. The molecule has 0 N–H and O–H groups in total. The molecular weight excluding hydrogens is 293 g/mol. The summed E-state index contributed by atoms with van der Waals surface area (Å²) in [6, 6.07) is 14.5. The highest BCUT2D eigenvalue weighted by Gasteiger charge is 2.40. The minimum atomic E-state index is -0.242. The summed E-state index contributed by atoms with van der Waals surface area (Å²) in [5.74, 6) is 1.59. The van der Waals surface area contributed by atoms with Crippen LogP contribution in [-0.4, -0.2) is 12.8 Å². The predicted molar refractivity (Wildman–Crippen MR) is 88.1 cm³/mol. The minimum Gasteiger partial charge on any atom is -0.497 e. The summed E-state index contributed by atoms with van der Waals surface area (Å²) in [7, 11) is 1.67. The second kappa shape index (κ2) is 6.82. The molecule has 3 nitrogen and oxygen atoms in total. The lowest BCUT2D eigenvalue weighted by Gasteiger charge is -2.04. The lowest BCUT2D eigenvalue weighted by molar-refractivity contribution is 0.129. The zero-order valence-corrected chi connectivity index (χ0v) is 13.3. The summed E-state index contributed by atoms with van der Waals surface area (Å²) >= 11 is 0. The molecule has 2 atom stereocenters. The van der Waals surface area contributed by atoms with Crippen molar-refractivity contribution in [3.63, 3.8) is 0 Å². The first-order chi connectivity index (χ1) is 11.2. The number of rotatable bonds is 6. The number of hydrogen-bond donors (Lipinski definition) is 0. The van der Waals surface area contributed by atoms with Gasteiger partial charge in [-0.2, -0.15) is 0 Å². The molecule has 0 amide bonds. The highest BCUT2D eigenvalue weighted by molar-refractivity contribution is 5.87. The summed E-state index contributed by atoms with van der Waals surface area (Å²) in [5, 5.41) is 4.21. The standard InChI is InChI=1S/C19H20FNO2/c1-13(21-23-12-14-3-7-16(20)8-4-14)18-11-19(18)15-5-9-17(22-2)10-6-15/h3-10,18-19H,11-12H2,1-2H3/b21-13+/t18-,19+/m0/s1. The first kappa shape index (κ1) is 15.5. The topological polar surface area (TPSA) is 30.8 Å². The van der Waals surface area contributed by atoms with E-state index in [1.165, 1.54) is 17.7 Å². The zero-order chi connectivity index (χ0) is 16.2. The molecule has 120 valence electrons. The molecule has 0 saturated heterocycles. The Labute approximate surface area is 135 Å². The van der Waals surface area contributed by atoms with Crippen LogP contribution in [-0.2, 0) is 11.4 Å². The molecule has 4 heteroatoms. The molecule has 1 aliphatic rings. The normalized spacial score (nSPS) is 20.2. The van der Waals surface area contributed by atoms with E-state index >= 15 is 0 Å². The first-order valence-corrected chi connectivity index (χ1v) is 7.72. The van der Waals surface area contributed by atoms with E-state index in [2.05, 4.69) is 17.3 Å². The van der Waals surface area contributed by atoms with Crippen LogP contribution in [0.3, 0.4) is 0 Å². The summed E-state index contributed by atoms with van der Waals surface area (Å²) in [6.45, 7) is 2.36. The number of nitrogens with zero attached hydrogens (tertiary/aromatic N) is 1. The summed E-state index contributed by atoms with van der Waals surface area (Å²) in [6.07, 6.45) is 1.10. The number of hydrogen-bond acceptors (Lipinski definition) is 3. The maximum atomic E-state index is 12.8. The van der Waals surface area contributed by atoms with Gasteiger partial charge in [-0.05, 0) is 54.7 Å². The van der Waals surface area contributed by atoms with Crippen molar-refractivity contribution < 1.29 is 14.0 Å². The third-order valence-electron chi connectivity index (χ3n) is 4.22. The predicted octanol–water partition coefficient (Wildman–Crippen LogP) is 4.53. The van der Waals surface area contributed by atoms with Crippen molar-refractivity contribution in [2.75, 3.05) is 7.11 Å². The van der Waals surface area contributed by atoms with E-state index in [1.807, 2.05) is 19.1 Å². The quantitative estimate of drug-likeness (QED) is 0.579. The number of benzene rings is 2. The van der Waals surface area contributed by atoms with Crippen LogP contribution in [0, 0.1) is 11.7 Å². The van der Waals surface area contributed by atoms with Crippen molar-refractivity contribution in [2.45, 2.75) is 25.9 Å². The molecular formula is C19H20FNO2. The Morgan fingerprint density at radius 1 is 1.13 bits per heavy atom. The molecule has 0 unspecified atom stereocenters. The molecule has 2 aromatic carbocycles. The maximum absolute atomic E-state index is 12.8. The fourth-order valence-corrected chi connectivity index (χ4v) is 2.73. The molecule has 1 saturated carbocycles. The van der Waals surface area contributed by atoms with Crippen LogP contribution < -0.4 is 4.74 Å². The Morgan fingerprint density at radius 3 is 2.48 bits per heavy atom. The van der Waals surface area contributed by atoms with Crippen LogP contribution >= 0.6 is 0 Å². The Morgan fingerprint density at radius 2 is 1.83 bits per heavy atom. The van der Waals surface area contributed by atoms with Crippen molar-refractivity contribution in [3.8, 4) is 5.75 Å². The van der Waals surface area contributed by atoms with Gasteiger partial charge in [0, 0.05) is 5.92 Å². The first-order valence-electron chi connectivity index (χ1n) is 7.72. The van der Waals surface area contributed by atoms with E-state index in [4.69, 9.17) is 9.57 Å². The number of halogens is 1. The monoisotopic (exact) mass is 313 g/mol. The molecule has 1 fully saturated rings. The van der Waals surface area contributed by atoms with Gasteiger partial charge in [-0.25, -0.2) is 4.39 Å². The van der Waals surface area contributed by atoms with Gasteiger partial charge in [0.2, 0.25) is 0 Å². The smallest absolute Gasteiger partial charge is 0.142 e. The fraction of sp³-hybridized carbons (Fsp3) is 0.316. The van der Waals surface area contributed by atoms with Crippen LogP contribution in [0.1, 0.15) is 30.4 Å². The Kier molecular flexibility index (Phi) is 4.60. The van der Waals surface area contributed by atoms with E-state index in [9.17, 15) is 4.39 Å². The van der Waals surface area contributed by atoms with Crippen LogP contribution in [0.5, 0.6) is 5.75 Å². The van der Waals surface area contributed by atoms with Crippen LogP contribution in [0.15, 0.2) is 53.7 Å². The Balaban J connectivity index is 1.52. The van der Waals surface area contributed by atoms with Gasteiger partial charge in [-0.1, -0.05) is 29.4 Å². The number of methoxy groups -OCH3 is 1. The van der Waals surface area contributed by atoms with E-state index in [1.54, 1.807) is 19.2 Å². The maximum Gasteiger partial charge on any atom is 0.142 e. The van der Waals surface area contributed by atoms with Gasteiger partial charge in [0.05, 0.1) is 12.8 Å². The minimum absolute atomic E-state index is 0.242. The lowest BCUT2D eigenvalue weighted by Crippen LogP contribution is -1.99. The molecule has 0 spiro atoms. The molecule has 0 bridgehead atoms. The third kappa shape index (κ3) is 3.89. The van der Waals surface area contributed by atoms with E-state index in [0.29, 0.717) is 18.4 Å². The van der Waals surface area contributed by atoms with Gasteiger partial charge < -0.3 is 9.57 Å². The zero-order valence-electron chi connectivity index (χ0n) is 13.3. The van der Waals surface area contributed by atoms with E-state index < -0.39 is 0 Å². The van der Waals surface area contributed by atoms with E-state index in [0.717, 1.165) is 23.4 Å². The molecule has 0 aliphatic heterocycles. The second-order valence-electron chi connectivity index (χ2n) is 5.85. The largest absolute Gasteiger partial charge is 0.497 e. The SMILES string of the molecule is COc1ccc([C@H]2C[C@H]2/C(C)=N/OCc2ccc(F)cc2)cc1. The van der Waals surface area contributed by atoms with Crippen LogP contribution in [0.25, 0.3) is 0 Å². The van der Waals surface area contributed by atoms with Gasteiger partial charge in [-0.3, -0.25) is 0 Å². The molecule has 0 radical (unpaired) electrons. The van der Waals surface area contributed by atoms with Gasteiger partial charge in [0.25, 0.3) is 0 Å². The number of ether oxygens (including phenoxy) is 1. The fourth-order valence-electron chi connectivity index (χ4n) is 2.73. The second-order valence-corrected chi connectivity index (χ2v) is 5.85. The van der Waals surface area contributed by atoms with Crippen molar-refractivity contribution in [3.05, 3.63) is 65.5 Å². The summed E-state index contributed by atoms with van der Waals surface area (Å²) in [4.78, 5) is 5.39. The molecule has 3 rings (SSSR count). The average molecular weight is 313 g/mol. The molecule has 2 aromatic rings. The van der Waals surface area contributed by atoms with Gasteiger partial charge in [-0.15, -0.1) is 0 Å². The summed E-state index contributed by atoms with van der Waals surface area (Å²) in [5.41, 5.74) is 3.22. The Hall–Kier alpha value is -2.36. The molecule has 1 aliphatic carbocycles. The molecule has 0 heterocycles. The van der Waals surface area contributed by atoms with Crippen LogP contribution in [0.2, 0.25) is 0 Å². The third-order valence-corrected chi connectivity index (χ3v) is 4.22. The highest BCUT2D eigenvalue weighted by atomic mass is 19.1. The van der Waals surface area contributed by atoms with E-state index in [-0.39, 0.29) is 5.82 Å². The highest BCUT2D eigenvalue weighted by Crippen LogP contribution is 2.48. The number of oxime groups is 1. The van der Waals surface area contributed by atoms with Crippen molar-refractivity contribution in [1.82, 2.24) is 0 Å². The van der Waals surface area contributed by atoms with Gasteiger partial charge in [0.1, 0.15) is 18.2 Å². The van der Waals surface area contributed by atoms with Crippen LogP contribution in [0.4, 0.5) is 4.39 Å². The Bertz CT molecular complexity index is 680.